The summed E-state index contributed by atoms with van der Waals surface area (Å²) in [7, 11) is 1.60. The second kappa shape index (κ2) is 7.15. The number of rotatable bonds is 5. The van der Waals surface area contributed by atoms with E-state index in [2.05, 4.69) is 10.2 Å². The van der Waals surface area contributed by atoms with Crippen LogP contribution < -0.4 is 4.74 Å². The molecule has 2 aromatic carbocycles. The van der Waals surface area contributed by atoms with Gasteiger partial charge in [0, 0.05) is 11.3 Å². The summed E-state index contributed by atoms with van der Waals surface area (Å²) in [6.07, 6.45) is 0. The van der Waals surface area contributed by atoms with E-state index in [1.54, 1.807) is 31.4 Å². The van der Waals surface area contributed by atoms with Gasteiger partial charge in [-0.15, -0.1) is 10.2 Å². The molecule has 0 unspecified atom stereocenters. The van der Waals surface area contributed by atoms with Gasteiger partial charge in [-0.2, -0.15) is 5.26 Å². The number of hydrogen-bond acceptors (Lipinski definition) is 6. The largest absolute Gasteiger partial charge is 0.497 e. The lowest BCUT2D eigenvalue weighted by Gasteiger charge is -2.01. The number of ether oxygens (including phenoxy) is 1. The van der Waals surface area contributed by atoms with Crippen molar-refractivity contribution in [3.63, 3.8) is 0 Å². The highest BCUT2D eigenvalue weighted by atomic mass is 32.2. The molecule has 0 bridgehead atoms. The van der Waals surface area contributed by atoms with Crippen LogP contribution in [0.25, 0.3) is 11.5 Å². The quantitative estimate of drug-likeness (QED) is 0.652. The monoisotopic (exact) mass is 341 g/mol. The average molecular weight is 341 g/mol. The van der Waals surface area contributed by atoms with Crippen LogP contribution in [0, 0.1) is 17.1 Å². The number of benzene rings is 2. The van der Waals surface area contributed by atoms with Gasteiger partial charge in [-0.3, -0.25) is 0 Å². The summed E-state index contributed by atoms with van der Waals surface area (Å²) in [5, 5.41) is 17.0. The molecule has 0 spiro atoms. The molecule has 0 aliphatic heterocycles. The average Bonchev–Trinajstić information content (AvgIpc) is 3.09. The minimum absolute atomic E-state index is 0.292. The van der Waals surface area contributed by atoms with Crippen LogP contribution in [0.4, 0.5) is 4.39 Å². The van der Waals surface area contributed by atoms with Gasteiger partial charge >= 0.3 is 0 Å². The number of nitriles is 1. The first-order valence-corrected chi connectivity index (χ1v) is 7.97. The normalized spacial score (nSPS) is 10.4. The summed E-state index contributed by atoms with van der Waals surface area (Å²) in [6, 6.07) is 13.5. The molecule has 0 saturated heterocycles. The maximum atomic E-state index is 13.8. The number of hydrogen-bond donors (Lipinski definition) is 0. The van der Waals surface area contributed by atoms with Gasteiger partial charge in [-0.25, -0.2) is 4.39 Å². The van der Waals surface area contributed by atoms with Crippen molar-refractivity contribution in [3.8, 4) is 23.3 Å². The third kappa shape index (κ3) is 3.55. The number of methoxy groups -OCH3 is 1. The van der Waals surface area contributed by atoms with Crippen LogP contribution in [0.15, 0.2) is 52.1 Å². The van der Waals surface area contributed by atoms with Gasteiger partial charge in [-0.05, 0) is 42.0 Å². The van der Waals surface area contributed by atoms with Crippen molar-refractivity contribution in [3.05, 3.63) is 59.4 Å². The van der Waals surface area contributed by atoms with Crippen molar-refractivity contribution in [1.29, 1.82) is 5.26 Å². The lowest BCUT2D eigenvalue weighted by atomic mass is 10.1. The molecule has 1 heterocycles. The Balaban J connectivity index is 1.69. The Labute approximate surface area is 142 Å². The van der Waals surface area contributed by atoms with Crippen LogP contribution in [0.3, 0.4) is 0 Å². The van der Waals surface area contributed by atoms with Gasteiger partial charge in [0.05, 0.1) is 18.7 Å². The van der Waals surface area contributed by atoms with Crippen LogP contribution in [0.5, 0.6) is 5.75 Å². The fourth-order valence-electron chi connectivity index (χ4n) is 1.99. The number of thioether (sulfide) groups is 1. The van der Waals surface area contributed by atoms with E-state index in [4.69, 9.17) is 14.4 Å². The minimum Gasteiger partial charge on any atom is -0.497 e. The van der Waals surface area contributed by atoms with E-state index in [1.165, 1.54) is 17.8 Å². The molecule has 24 heavy (non-hydrogen) atoms. The van der Waals surface area contributed by atoms with Crippen molar-refractivity contribution in [1.82, 2.24) is 10.2 Å². The highest BCUT2D eigenvalue weighted by Crippen LogP contribution is 2.27. The second-order valence-corrected chi connectivity index (χ2v) is 5.73. The lowest BCUT2D eigenvalue weighted by molar-refractivity contribution is 0.414. The highest BCUT2D eigenvalue weighted by Gasteiger charge is 2.11. The zero-order valence-corrected chi connectivity index (χ0v) is 13.5. The van der Waals surface area contributed by atoms with E-state index in [0.717, 1.165) is 11.3 Å². The maximum absolute atomic E-state index is 13.8. The summed E-state index contributed by atoms with van der Waals surface area (Å²) < 4.78 is 24.5. The molecule has 5 nitrogen and oxygen atoms in total. The standard InChI is InChI=1S/C17H12FN3O2S/c1-22-14-6-4-12(5-7-14)16-20-21-17(23-16)24-10-13-3-2-11(9-19)8-15(13)18/h2-8H,10H2,1H3. The van der Waals surface area contributed by atoms with Gasteiger partial charge < -0.3 is 9.15 Å². The molecule has 0 fully saturated rings. The van der Waals surface area contributed by atoms with E-state index in [9.17, 15) is 4.39 Å². The van der Waals surface area contributed by atoms with Crippen LogP contribution in [0.1, 0.15) is 11.1 Å². The Morgan fingerprint density at radius 3 is 2.67 bits per heavy atom. The topological polar surface area (TPSA) is 71.9 Å². The Morgan fingerprint density at radius 2 is 2.00 bits per heavy atom. The Hall–Kier alpha value is -2.85. The number of nitrogens with zero attached hydrogens (tertiary/aromatic N) is 3. The predicted molar refractivity (Wildman–Crippen MR) is 87.0 cm³/mol. The Kier molecular flexibility index (Phi) is 4.77. The van der Waals surface area contributed by atoms with Crippen molar-refractivity contribution in [2.24, 2.45) is 0 Å². The lowest BCUT2D eigenvalue weighted by Crippen LogP contribution is -1.89. The predicted octanol–water partition coefficient (Wildman–Crippen LogP) is 4.05. The summed E-state index contributed by atoms with van der Waals surface area (Å²) in [5.74, 6) is 1.04. The third-order valence-electron chi connectivity index (χ3n) is 3.28. The van der Waals surface area contributed by atoms with E-state index in [0.29, 0.717) is 28.0 Å². The van der Waals surface area contributed by atoms with Crippen LogP contribution in [0.2, 0.25) is 0 Å². The smallest absolute Gasteiger partial charge is 0.277 e. The Morgan fingerprint density at radius 1 is 1.21 bits per heavy atom. The first kappa shape index (κ1) is 16.0. The fraction of sp³-hybridized carbons (Fsp3) is 0.118. The Bertz CT molecular complexity index is 888. The van der Waals surface area contributed by atoms with Crippen molar-refractivity contribution in [2.75, 3.05) is 7.11 Å². The molecule has 120 valence electrons. The molecule has 0 amide bonds. The summed E-state index contributed by atoms with van der Waals surface area (Å²) in [6.45, 7) is 0. The van der Waals surface area contributed by atoms with Crippen molar-refractivity contribution >= 4 is 11.8 Å². The zero-order valence-electron chi connectivity index (χ0n) is 12.7. The molecule has 0 atom stereocenters. The fourth-order valence-corrected chi connectivity index (χ4v) is 2.74. The van der Waals surface area contributed by atoms with Gasteiger partial charge in [0.2, 0.25) is 5.89 Å². The number of halogens is 1. The van der Waals surface area contributed by atoms with Crippen molar-refractivity contribution in [2.45, 2.75) is 11.0 Å². The number of aromatic nitrogens is 2. The maximum Gasteiger partial charge on any atom is 0.277 e. The summed E-state index contributed by atoms with van der Waals surface area (Å²) in [5.41, 5.74) is 1.55. The molecule has 3 rings (SSSR count). The summed E-state index contributed by atoms with van der Waals surface area (Å²) >= 11 is 1.24. The summed E-state index contributed by atoms with van der Waals surface area (Å²) in [4.78, 5) is 0. The van der Waals surface area contributed by atoms with E-state index >= 15 is 0 Å². The van der Waals surface area contributed by atoms with E-state index in [-0.39, 0.29) is 0 Å². The van der Waals surface area contributed by atoms with Gasteiger partial charge in [-0.1, -0.05) is 17.8 Å². The first-order chi connectivity index (χ1) is 11.7. The molecule has 0 radical (unpaired) electrons. The third-order valence-corrected chi connectivity index (χ3v) is 4.14. The molecular weight excluding hydrogens is 329 g/mol. The van der Waals surface area contributed by atoms with Crippen molar-refractivity contribution < 1.29 is 13.5 Å². The first-order valence-electron chi connectivity index (χ1n) is 6.99. The molecule has 7 heteroatoms. The molecule has 0 N–H and O–H groups in total. The molecular formula is C17H12FN3O2S. The minimum atomic E-state index is -0.420. The zero-order chi connectivity index (χ0) is 16.9. The van der Waals surface area contributed by atoms with E-state index in [1.807, 2.05) is 18.2 Å². The van der Waals surface area contributed by atoms with E-state index < -0.39 is 5.82 Å². The van der Waals surface area contributed by atoms with Gasteiger partial charge in [0.25, 0.3) is 5.22 Å². The van der Waals surface area contributed by atoms with Gasteiger partial charge in [0.15, 0.2) is 0 Å². The molecule has 1 aromatic heterocycles. The molecule has 0 aliphatic rings. The molecule has 3 aromatic rings. The molecule has 0 aliphatic carbocycles. The van der Waals surface area contributed by atoms with Gasteiger partial charge in [0.1, 0.15) is 11.6 Å². The molecule has 0 saturated carbocycles. The highest BCUT2D eigenvalue weighted by molar-refractivity contribution is 7.98. The van der Waals surface area contributed by atoms with Crippen LogP contribution in [-0.2, 0) is 5.75 Å². The second-order valence-electron chi connectivity index (χ2n) is 4.81. The van der Waals surface area contributed by atoms with Crippen LogP contribution in [-0.4, -0.2) is 17.3 Å². The van der Waals surface area contributed by atoms with Crippen LogP contribution >= 0.6 is 11.8 Å². The SMILES string of the molecule is COc1ccc(-c2nnc(SCc3ccc(C#N)cc3F)o2)cc1.